The lowest BCUT2D eigenvalue weighted by molar-refractivity contribution is -0.127. The molecule has 0 aromatic rings. The summed E-state index contributed by atoms with van der Waals surface area (Å²) in [6.07, 6.45) is 0. The van der Waals surface area contributed by atoms with Crippen molar-refractivity contribution < 1.29 is 9.53 Å². The maximum Gasteiger partial charge on any atom is 0.243 e. The number of morpholine rings is 1. The van der Waals surface area contributed by atoms with Crippen LogP contribution < -0.4 is 5.32 Å². The lowest BCUT2D eigenvalue weighted by Crippen LogP contribution is -2.72. The van der Waals surface area contributed by atoms with E-state index in [1.54, 1.807) is 19.0 Å². The molecule has 2 heterocycles. The van der Waals surface area contributed by atoms with Crippen LogP contribution in [0.3, 0.4) is 0 Å². The number of carbonyl (C=O) groups is 1. The number of likely N-dealkylation sites (tertiary alicyclic amines) is 1. The number of carbonyl (C=O) groups excluding carboxylic acids is 1. The van der Waals surface area contributed by atoms with E-state index in [0.29, 0.717) is 0 Å². The van der Waals surface area contributed by atoms with Crippen LogP contribution in [-0.4, -0.2) is 98.7 Å². The molecule has 0 radical (unpaired) electrons. The number of ether oxygens (including phenoxy) is 1. The zero-order valence-electron chi connectivity index (χ0n) is 16.8. The van der Waals surface area contributed by atoms with E-state index in [9.17, 15) is 4.79 Å². The van der Waals surface area contributed by atoms with Crippen molar-refractivity contribution in [3.63, 3.8) is 0 Å². The zero-order valence-corrected chi connectivity index (χ0v) is 16.8. The molecule has 1 amide bonds. The molecule has 0 aromatic carbocycles. The maximum atomic E-state index is 11.9. The Hall–Kier alpha value is -1.34. The van der Waals surface area contributed by atoms with Gasteiger partial charge in [0.1, 0.15) is 6.54 Å². The van der Waals surface area contributed by atoms with Crippen LogP contribution in [0.2, 0.25) is 0 Å². The third kappa shape index (κ3) is 4.64. The van der Waals surface area contributed by atoms with E-state index in [2.05, 4.69) is 47.8 Å². The molecule has 1 N–H and O–H groups in total. The minimum atomic E-state index is 0.0129. The third-order valence-electron chi connectivity index (χ3n) is 5.82. The summed E-state index contributed by atoms with van der Waals surface area (Å²) in [5.41, 5.74) is 0.240. The van der Waals surface area contributed by atoms with Gasteiger partial charge in [0.25, 0.3) is 0 Å². The van der Waals surface area contributed by atoms with Crippen LogP contribution in [0.4, 0.5) is 0 Å². The van der Waals surface area contributed by atoms with Crippen LogP contribution >= 0.6 is 0 Å². The molecule has 7 nitrogen and oxygen atoms in total. The molecular formula is C18H35N5O2. The molecule has 2 saturated heterocycles. The van der Waals surface area contributed by atoms with E-state index in [1.165, 1.54) is 0 Å². The van der Waals surface area contributed by atoms with E-state index in [-0.39, 0.29) is 23.4 Å². The van der Waals surface area contributed by atoms with Gasteiger partial charge in [-0.15, -0.1) is 0 Å². The standard InChI is InChI=1S/C18H35N5O2/c1-17(2)14-23(18(17,3)4)16(20-13-15(24)21(5)6)19-7-8-22-9-11-25-12-10-22/h7-14H2,1-6H3,(H,19,20). The predicted molar refractivity (Wildman–Crippen MR) is 101 cm³/mol. The number of guanidine groups is 1. The Balaban J connectivity index is 1.97. The topological polar surface area (TPSA) is 60.4 Å². The van der Waals surface area contributed by atoms with Gasteiger partial charge in [-0.05, 0) is 13.8 Å². The van der Waals surface area contributed by atoms with Gasteiger partial charge in [-0.2, -0.15) is 0 Å². The highest BCUT2D eigenvalue weighted by atomic mass is 16.5. The Kier molecular flexibility index (Phi) is 6.32. The fraction of sp³-hybridized carbons (Fsp3) is 0.889. The molecule has 2 fully saturated rings. The van der Waals surface area contributed by atoms with Crippen molar-refractivity contribution in [1.29, 1.82) is 0 Å². The first kappa shape index (κ1) is 20.0. The van der Waals surface area contributed by atoms with Crippen molar-refractivity contribution in [3.8, 4) is 0 Å². The van der Waals surface area contributed by atoms with Gasteiger partial charge in [-0.1, -0.05) is 13.8 Å². The van der Waals surface area contributed by atoms with Gasteiger partial charge >= 0.3 is 0 Å². The molecule has 0 unspecified atom stereocenters. The third-order valence-corrected chi connectivity index (χ3v) is 5.82. The summed E-state index contributed by atoms with van der Waals surface area (Å²) in [6.45, 7) is 15.5. The normalized spacial score (nSPS) is 23.1. The van der Waals surface area contributed by atoms with Gasteiger partial charge in [0, 0.05) is 57.8 Å². The summed E-state index contributed by atoms with van der Waals surface area (Å²) >= 11 is 0. The molecule has 25 heavy (non-hydrogen) atoms. The summed E-state index contributed by atoms with van der Waals surface area (Å²) in [5.74, 6) is 0.859. The van der Waals surface area contributed by atoms with E-state index in [1.807, 2.05) is 0 Å². The van der Waals surface area contributed by atoms with Crippen molar-refractivity contribution in [3.05, 3.63) is 0 Å². The second kappa shape index (κ2) is 7.91. The molecule has 144 valence electrons. The number of nitrogens with zero attached hydrogens (tertiary/aromatic N) is 4. The fourth-order valence-corrected chi connectivity index (χ4v) is 3.07. The fourth-order valence-electron chi connectivity index (χ4n) is 3.07. The van der Waals surface area contributed by atoms with Crippen molar-refractivity contribution in [2.45, 2.75) is 33.2 Å². The van der Waals surface area contributed by atoms with Crippen molar-refractivity contribution in [2.24, 2.45) is 10.4 Å². The zero-order chi connectivity index (χ0) is 18.7. The first-order valence-corrected chi connectivity index (χ1v) is 9.21. The van der Waals surface area contributed by atoms with E-state index < -0.39 is 0 Å². The quantitative estimate of drug-likeness (QED) is 0.575. The summed E-state index contributed by atoms with van der Waals surface area (Å²) in [7, 11) is 3.53. The van der Waals surface area contributed by atoms with Gasteiger partial charge in [0.15, 0.2) is 5.96 Å². The van der Waals surface area contributed by atoms with Crippen LogP contribution in [0.25, 0.3) is 0 Å². The Morgan fingerprint density at radius 3 is 2.36 bits per heavy atom. The Morgan fingerprint density at radius 1 is 1.20 bits per heavy atom. The number of likely N-dealkylation sites (N-methyl/N-ethyl adjacent to an activating group) is 1. The highest BCUT2D eigenvalue weighted by Crippen LogP contribution is 2.46. The molecule has 0 saturated carbocycles. The van der Waals surface area contributed by atoms with E-state index in [4.69, 9.17) is 4.74 Å². The molecule has 0 atom stereocenters. The van der Waals surface area contributed by atoms with Gasteiger partial charge in [0.2, 0.25) is 5.91 Å². The number of rotatable bonds is 5. The molecule has 0 aromatic heterocycles. The molecular weight excluding hydrogens is 318 g/mol. The second-order valence-corrected chi connectivity index (χ2v) is 8.34. The van der Waals surface area contributed by atoms with Crippen LogP contribution in [0, 0.1) is 5.41 Å². The molecule has 7 heteroatoms. The molecule has 0 spiro atoms. The maximum absolute atomic E-state index is 11.9. The van der Waals surface area contributed by atoms with Gasteiger partial charge in [-0.3, -0.25) is 9.69 Å². The van der Waals surface area contributed by atoms with Crippen molar-refractivity contribution >= 4 is 11.9 Å². The number of nitrogens with one attached hydrogen (secondary N) is 1. The lowest BCUT2D eigenvalue weighted by atomic mass is 9.65. The van der Waals surface area contributed by atoms with Crippen molar-refractivity contribution in [1.82, 2.24) is 20.0 Å². The number of hydrogen-bond acceptors (Lipinski definition) is 4. The summed E-state index contributed by atoms with van der Waals surface area (Å²) in [5, 5.41) is 3.48. The number of hydrogen-bond donors (Lipinski definition) is 1. The molecule has 2 rings (SSSR count). The highest BCUT2D eigenvalue weighted by molar-refractivity contribution is 5.86. The molecule has 2 aliphatic heterocycles. The summed E-state index contributed by atoms with van der Waals surface area (Å²) in [4.78, 5) is 22.8. The number of aliphatic imine (C=N–C) groups is 1. The van der Waals surface area contributed by atoms with E-state index in [0.717, 1.165) is 51.9 Å². The molecule has 0 aliphatic carbocycles. The first-order valence-electron chi connectivity index (χ1n) is 9.21. The Morgan fingerprint density at radius 2 is 1.84 bits per heavy atom. The smallest absolute Gasteiger partial charge is 0.243 e. The van der Waals surface area contributed by atoms with Crippen LogP contribution in [0.15, 0.2) is 4.99 Å². The summed E-state index contributed by atoms with van der Waals surface area (Å²) < 4.78 is 5.39. The average molecular weight is 354 g/mol. The number of amides is 1. The summed E-state index contributed by atoms with van der Waals surface area (Å²) in [6, 6.07) is 0. The van der Waals surface area contributed by atoms with Crippen LogP contribution in [0.1, 0.15) is 27.7 Å². The lowest BCUT2D eigenvalue weighted by Gasteiger charge is -2.62. The largest absolute Gasteiger partial charge is 0.379 e. The van der Waals surface area contributed by atoms with Crippen LogP contribution in [0.5, 0.6) is 0 Å². The minimum absolute atomic E-state index is 0.0129. The first-order chi connectivity index (χ1) is 11.6. The van der Waals surface area contributed by atoms with E-state index >= 15 is 0 Å². The van der Waals surface area contributed by atoms with Crippen LogP contribution in [-0.2, 0) is 9.53 Å². The molecule has 0 bridgehead atoms. The van der Waals surface area contributed by atoms with Gasteiger partial charge < -0.3 is 19.9 Å². The van der Waals surface area contributed by atoms with Gasteiger partial charge in [0.05, 0.1) is 13.2 Å². The predicted octanol–water partition coefficient (Wildman–Crippen LogP) is 0.473. The Bertz CT molecular complexity index is 496. The average Bonchev–Trinajstić information content (AvgIpc) is 2.56. The SMILES string of the molecule is CN(C)C(=O)CN=C(NCCN1CCOCC1)N1CC(C)(C)C1(C)C. The van der Waals surface area contributed by atoms with Gasteiger partial charge in [-0.25, -0.2) is 4.99 Å². The monoisotopic (exact) mass is 353 g/mol. The van der Waals surface area contributed by atoms with Crippen molar-refractivity contribution in [2.75, 3.05) is 66.6 Å². The Labute approximate surface area is 152 Å². The molecule has 2 aliphatic rings. The minimum Gasteiger partial charge on any atom is -0.379 e. The second-order valence-electron chi connectivity index (χ2n) is 8.34. The highest BCUT2D eigenvalue weighted by Gasteiger charge is 2.53.